The zero-order valence-electron chi connectivity index (χ0n) is 12.5. The Morgan fingerprint density at radius 2 is 1.75 bits per heavy atom. The highest BCUT2D eigenvalue weighted by molar-refractivity contribution is 5.81. The first-order valence-corrected chi connectivity index (χ1v) is 7.77. The maximum Gasteiger partial charge on any atom is 0.251 e. The Morgan fingerprint density at radius 3 is 2.30 bits per heavy atom. The van der Waals surface area contributed by atoms with E-state index in [1.165, 1.54) is 0 Å². The SMILES string of the molecule is CC1CCOC1C(=O)N(C)C1CCC2(CC1)OCCO2. The molecule has 0 aromatic heterocycles. The summed E-state index contributed by atoms with van der Waals surface area (Å²) in [5.74, 6) is 0.128. The van der Waals surface area contributed by atoms with Gasteiger partial charge in [0.05, 0.1) is 13.2 Å². The van der Waals surface area contributed by atoms with Crippen LogP contribution in [0.4, 0.5) is 0 Å². The number of rotatable bonds is 2. The van der Waals surface area contributed by atoms with Gasteiger partial charge in [0.25, 0.3) is 5.91 Å². The molecule has 114 valence electrons. The molecule has 0 aromatic carbocycles. The second kappa shape index (κ2) is 5.62. The molecule has 3 rings (SSSR count). The maximum atomic E-state index is 12.5. The average Bonchev–Trinajstić information content (AvgIpc) is 3.08. The molecule has 2 unspecified atom stereocenters. The molecule has 20 heavy (non-hydrogen) atoms. The third-order valence-corrected chi connectivity index (χ3v) is 5.06. The summed E-state index contributed by atoms with van der Waals surface area (Å²) < 4.78 is 17.1. The van der Waals surface area contributed by atoms with Crippen LogP contribution in [0.1, 0.15) is 39.0 Å². The van der Waals surface area contributed by atoms with E-state index in [1.807, 2.05) is 11.9 Å². The number of nitrogens with zero attached hydrogens (tertiary/aromatic N) is 1. The van der Waals surface area contributed by atoms with Crippen molar-refractivity contribution in [3.63, 3.8) is 0 Å². The standard InChI is InChI=1S/C15H25NO4/c1-11-5-8-18-13(11)14(17)16(2)12-3-6-15(7-4-12)19-9-10-20-15/h11-13H,3-10H2,1-2H3. The summed E-state index contributed by atoms with van der Waals surface area (Å²) in [6.07, 6.45) is 4.41. The van der Waals surface area contributed by atoms with Crippen molar-refractivity contribution < 1.29 is 19.0 Å². The normalized spacial score (nSPS) is 33.7. The van der Waals surface area contributed by atoms with Crippen molar-refractivity contribution in [1.29, 1.82) is 0 Å². The molecule has 1 aliphatic carbocycles. The number of hydrogen-bond acceptors (Lipinski definition) is 4. The highest BCUT2D eigenvalue weighted by atomic mass is 16.7. The first kappa shape index (κ1) is 14.3. The second-order valence-corrected chi connectivity index (χ2v) is 6.35. The van der Waals surface area contributed by atoms with Crippen molar-refractivity contribution >= 4 is 5.91 Å². The van der Waals surface area contributed by atoms with Crippen LogP contribution in [0.15, 0.2) is 0 Å². The van der Waals surface area contributed by atoms with Crippen molar-refractivity contribution in [2.75, 3.05) is 26.9 Å². The zero-order valence-corrected chi connectivity index (χ0v) is 12.5. The molecule has 2 saturated heterocycles. The van der Waals surface area contributed by atoms with Crippen LogP contribution in [-0.2, 0) is 19.0 Å². The van der Waals surface area contributed by atoms with Gasteiger partial charge in [-0.1, -0.05) is 6.92 Å². The monoisotopic (exact) mass is 283 g/mol. The van der Waals surface area contributed by atoms with Gasteiger partial charge in [-0.15, -0.1) is 0 Å². The largest absolute Gasteiger partial charge is 0.368 e. The van der Waals surface area contributed by atoms with Crippen LogP contribution in [0, 0.1) is 5.92 Å². The van der Waals surface area contributed by atoms with Gasteiger partial charge in [-0.3, -0.25) is 4.79 Å². The quantitative estimate of drug-likeness (QED) is 0.771. The molecule has 5 heteroatoms. The van der Waals surface area contributed by atoms with Gasteiger partial charge in [0.2, 0.25) is 0 Å². The van der Waals surface area contributed by atoms with Crippen molar-refractivity contribution in [3.8, 4) is 0 Å². The van der Waals surface area contributed by atoms with E-state index in [0.717, 1.165) is 32.1 Å². The van der Waals surface area contributed by atoms with E-state index < -0.39 is 0 Å². The minimum Gasteiger partial charge on any atom is -0.368 e. The summed E-state index contributed by atoms with van der Waals surface area (Å²) >= 11 is 0. The van der Waals surface area contributed by atoms with E-state index in [0.29, 0.717) is 25.7 Å². The molecule has 5 nitrogen and oxygen atoms in total. The van der Waals surface area contributed by atoms with Crippen LogP contribution in [0.2, 0.25) is 0 Å². The average molecular weight is 283 g/mol. The molecule has 1 amide bonds. The molecule has 1 spiro atoms. The van der Waals surface area contributed by atoms with Gasteiger partial charge in [0, 0.05) is 32.5 Å². The maximum absolute atomic E-state index is 12.5. The third-order valence-electron chi connectivity index (χ3n) is 5.06. The summed E-state index contributed by atoms with van der Waals surface area (Å²) in [4.78, 5) is 14.4. The van der Waals surface area contributed by atoms with Crippen LogP contribution in [0.5, 0.6) is 0 Å². The van der Waals surface area contributed by atoms with E-state index in [2.05, 4.69) is 6.92 Å². The molecular weight excluding hydrogens is 258 g/mol. The second-order valence-electron chi connectivity index (χ2n) is 6.35. The first-order chi connectivity index (χ1) is 9.61. The van der Waals surface area contributed by atoms with Gasteiger partial charge in [-0.2, -0.15) is 0 Å². The van der Waals surface area contributed by atoms with Gasteiger partial charge >= 0.3 is 0 Å². The van der Waals surface area contributed by atoms with Crippen molar-refractivity contribution in [1.82, 2.24) is 4.90 Å². The Kier molecular flexibility index (Phi) is 4.02. The molecule has 0 N–H and O–H groups in total. The molecular formula is C15H25NO4. The van der Waals surface area contributed by atoms with E-state index in [-0.39, 0.29) is 23.8 Å². The van der Waals surface area contributed by atoms with E-state index in [9.17, 15) is 4.79 Å². The summed E-state index contributed by atoms with van der Waals surface area (Å²) in [6, 6.07) is 0.289. The molecule has 2 heterocycles. The van der Waals surface area contributed by atoms with Crippen molar-refractivity contribution in [3.05, 3.63) is 0 Å². The van der Waals surface area contributed by atoms with Gasteiger partial charge in [0.15, 0.2) is 5.79 Å². The highest BCUT2D eigenvalue weighted by Gasteiger charge is 2.43. The third kappa shape index (κ3) is 2.59. The summed E-state index contributed by atoms with van der Waals surface area (Å²) in [5, 5.41) is 0. The van der Waals surface area contributed by atoms with Gasteiger partial charge in [-0.25, -0.2) is 0 Å². The predicted octanol–water partition coefficient (Wildman–Crippen LogP) is 1.56. The van der Waals surface area contributed by atoms with Crippen LogP contribution in [0.3, 0.4) is 0 Å². The minimum absolute atomic E-state index is 0.143. The fourth-order valence-corrected chi connectivity index (χ4v) is 3.61. The topological polar surface area (TPSA) is 48.0 Å². The fourth-order valence-electron chi connectivity index (χ4n) is 3.61. The Labute approximate surface area is 120 Å². The van der Waals surface area contributed by atoms with Crippen LogP contribution >= 0.6 is 0 Å². The van der Waals surface area contributed by atoms with Crippen molar-refractivity contribution in [2.45, 2.75) is 57.0 Å². The van der Waals surface area contributed by atoms with Crippen LogP contribution < -0.4 is 0 Å². The Balaban J connectivity index is 1.55. The minimum atomic E-state index is -0.350. The smallest absolute Gasteiger partial charge is 0.251 e. The molecule has 3 aliphatic rings. The van der Waals surface area contributed by atoms with Crippen LogP contribution in [0.25, 0.3) is 0 Å². The fraction of sp³-hybridized carbons (Fsp3) is 0.933. The highest BCUT2D eigenvalue weighted by Crippen LogP contribution is 2.37. The lowest BCUT2D eigenvalue weighted by molar-refractivity contribution is -0.185. The summed E-state index contributed by atoms with van der Waals surface area (Å²) in [6.45, 7) is 4.21. The molecule has 1 saturated carbocycles. The Hall–Kier alpha value is -0.650. The Morgan fingerprint density at radius 1 is 1.10 bits per heavy atom. The molecule has 3 fully saturated rings. The van der Waals surface area contributed by atoms with E-state index in [4.69, 9.17) is 14.2 Å². The van der Waals surface area contributed by atoms with Gasteiger partial charge < -0.3 is 19.1 Å². The molecule has 2 aliphatic heterocycles. The van der Waals surface area contributed by atoms with Gasteiger partial charge in [-0.05, 0) is 25.2 Å². The van der Waals surface area contributed by atoms with E-state index >= 15 is 0 Å². The number of ether oxygens (including phenoxy) is 3. The van der Waals surface area contributed by atoms with Gasteiger partial charge in [0.1, 0.15) is 6.10 Å². The lowest BCUT2D eigenvalue weighted by Crippen LogP contribution is -2.48. The first-order valence-electron chi connectivity index (χ1n) is 7.77. The zero-order chi connectivity index (χ0) is 14.2. The molecule has 0 aromatic rings. The van der Waals surface area contributed by atoms with Crippen molar-refractivity contribution in [2.24, 2.45) is 5.92 Å². The number of amides is 1. The Bertz CT molecular complexity index is 357. The lowest BCUT2D eigenvalue weighted by atomic mass is 9.88. The molecule has 2 atom stereocenters. The lowest BCUT2D eigenvalue weighted by Gasteiger charge is -2.39. The number of carbonyl (C=O) groups is 1. The molecule has 0 radical (unpaired) electrons. The number of likely N-dealkylation sites (N-methyl/N-ethyl adjacent to an activating group) is 1. The van der Waals surface area contributed by atoms with E-state index in [1.54, 1.807) is 0 Å². The summed E-state index contributed by atoms with van der Waals surface area (Å²) in [7, 11) is 1.91. The predicted molar refractivity (Wildman–Crippen MR) is 73.2 cm³/mol. The van der Waals surface area contributed by atoms with Crippen LogP contribution in [-0.4, -0.2) is 55.6 Å². The number of carbonyl (C=O) groups excluding carboxylic acids is 1. The number of hydrogen-bond donors (Lipinski definition) is 0. The molecule has 0 bridgehead atoms. The summed E-state index contributed by atoms with van der Waals surface area (Å²) in [5.41, 5.74) is 0.